The van der Waals surface area contributed by atoms with Crippen molar-refractivity contribution in [3.8, 4) is 0 Å². The highest BCUT2D eigenvalue weighted by molar-refractivity contribution is 6.30. The highest BCUT2D eigenvalue weighted by Crippen LogP contribution is 2.48. The molecule has 0 unspecified atom stereocenters. The third kappa shape index (κ3) is 2.65. The van der Waals surface area contributed by atoms with Gasteiger partial charge in [-0.15, -0.1) is 0 Å². The zero-order valence-electron chi connectivity index (χ0n) is 14.5. The van der Waals surface area contributed by atoms with Crippen LogP contribution in [0, 0.1) is 0 Å². The summed E-state index contributed by atoms with van der Waals surface area (Å²) in [6.45, 7) is 2.92. The molecule has 0 bridgehead atoms. The van der Waals surface area contributed by atoms with Crippen LogP contribution in [-0.4, -0.2) is 23.0 Å². The summed E-state index contributed by atoms with van der Waals surface area (Å²) in [5.41, 5.74) is 5.00. The van der Waals surface area contributed by atoms with E-state index in [0.29, 0.717) is 17.9 Å². The Bertz CT molecular complexity index is 760. The lowest BCUT2D eigenvalue weighted by atomic mass is 9.71. The zero-order valence-corrected chi connectivity index (χ0v) is 15.2. The highest BCUT2D eigenvalue weighted by atomic mass is 35.5. The molecule has 0 amide bonds. The van der Waals surface area contributed by atoms with Crippen molar-refractivity contribution in [2.24, 2.45) is 0 Å². The van der Waals surface area contributed by atoms with Crippen LogP contribution in [0.5, 0.6) is 0 Å². The first-order valence-corrected chi connectivity index (χ1v) is 9.55. The first kappa shape index (κ1) is 16.6. The molecule has 0 atom stereocenters. The fourth-order valence-corrected chi connectivity index (χ4v) is 4.71. The molecule has 0 radical (unpaired) electrons. The molecule has 0 spiro atoms. The molecule has 1 aromatic rings. The van der Waals surface area contributed by atoms with Gasteiger partial charge in [0.15, 0.2) is 11.6 Å². The van der Waals surface area contributed by atoms with Gasteiger partial charge in [0.25, 0.3) is 0 Å². The van der Waals surface area contributed by atoms with Gasteiger partial charge in [0, 0.05) is 52.9 Å². The Hall–Kier alpha value is -1.87. The molecule has 3 nitrogen and oxygen atoms in total. The van der Waals surface area contributed by atoms with Crippen molar-refractivity contribution in [1.29, 1.82) is 0 Å². The van der Waals surface area contributed by atoms with Crippen LogP contribution in [0.15, 0.2) is 46.8 Å². The van der Waals surface area contributed by atoms with Crippen molar-refractivity contribution in [3.63, 3.8) is 0 Å². The standard InChI is InChI=1S/C21H22ClNO2/c1-2-23-15-5-3-7-17(24)20(15)19(13-9-11-14(22)12-10-13)21-16(23)6-4-8-18(21)25/h9-12,19H,2-8H2,1H3. The van der Waals surface area contributed by atoms with Crippen LogP contribution in [0.3, 0.4) is 0 Å². The van der Waals surface area contributed by atoms with Crippen LogP contribution in [-0.2, 0) is 9.59 Å². The van der Waals surface area contributed by atoms with Gasteiger partial charge in [-0.2, -0.15) is 0 Å². The number of carbonyl (C=O) groups is 2. The summed E-state index contributed by atoms with van der Waals surface area (Å²) in [5.74, 6) is 0.180. The third-order valence-electron chi connectivity index (χ3n) is 5.61. The monoisotopic (exact) mass is 355 g/mol. The average molecular weight is 356 g/mol. The Balaban J connectivity index is 1.95. The molecule has 0 fully saturated rings. The van der Waals surface area contributed by atoms with E-state index in [9.17, 15) is 9.59 Å². The van der Waals surface area contributed by atoms with Crippen molar-refractivity contribution in [2.75, 3.05) is 6.54 Å². The Labute approximate surface area is 153 Å². The molecule has 1 aromatic carbocycles. The van der Waals surface area contributed by atoms with E-state index < -0.39 is 0 Å². The molecular formula is C21H22ClNO2. The van der Waals surface area contributed by atoms with Crippen LogP contribution in [0.25, 0.3) is 0 Å². The Morgan fingerprint density at radius 2 is 1.44 bits per heavy atom. The Morgan fingerprint density at radius 3 is 1.92 bits per heavy atom. The number of allylic oxidation sites excluding steroid dienone is 4. The summed E-state index contributed by atoms with van der Waals surface area (Å²) in [5, 5.41) is 0.670. The number of carbonyl (C=O) groups excluding carboxylic acids is 2. The van der Waals surface area contributed by atoms with Gasteiger partial charge in [0.05, 0.1) is 0 Å². The van der Waals surface area contributed by atoms with Gasteiger partial charge in [-0.25, -0.2) is 0 Å². The molecule has 1 heterocycles. The maximum Gasteiger partial charge on any atom is 0.161 e. The maximum atomic E-state index is 12.9. The number of halogens is 1. The molecule has 130 valence electrons. The quantitative estimate of drug-likeness (QED) is 0.766. The summed E-state index contributed by atoms with van der Waals surface area (Å²) in [7, 11) is 0. The fourth-order valence-electron chi connectivity index (χ4n) is 4.59. The van der Waals surface area contributed by atoms with E-state index in [1.165, 1.54) is 0 Å². The second kappa shape index (κ2) is 6.45. The lowest BCUT2D eigenvalue weighted by Crippen LogP contribution is -2.39. The van der Waals surface area contributed by atoms with Gasteiger partial charge in [-0.1, -0.05) is 23.7 Å². The third-order valence-corrected chi connectivity index (χ3v) is 5.86. The molecule has 4 rings (SSSR count). The molecule has 3 aliphatic rings. The zero-order chi connectivity index (χ0) is 17.6. The van der Waals surface area contributed by atoms with E-state index in [1.54, 1.807) is 0 Å². The predicted molar refractivity (Wildman–Crippen MR) is 98.3 cm³/mol. The smallest absolute Gasteiger partial charge is 0.161 e. The summed E-state index contributed by atoms with van der Waals surface area (Å²) >= 11 is 6.06. The topological polar surface area (TPSA) is 37.4 Å². The molecule has 1 aliphatic heterocycles. The normalized spacial score (nSPS) is 21.6. The highest BCUT2D eigenvalue weighted by Gasteiger charge is 2.42. The van der Waals surface area contributed by atoms with Gasteiger partial charge in [0.2, 0.25) is 0 Å². The predicted octanol–water partition coefficient (Wildman–Crippen LogP) is 4.77. The number of Topliss-reactive ketones (excluding diaryl/α,β-unsaturated/α-hetero) is 2. The van der Waals surface area contributed by atoms with Crippen LogP contribution in [0.1, 0.15) is 56.9 Å². The van der Waals surface area contributed by atoms with Crippen LogP contribution in [0.2, 0.25) is 5.02 Å². The van der Waals surface area contributed by atoms with Gasteiger partial charge in [-0.3, -0.25) is 9.59 Å². The molecule has 0 saturated carbocycles. The minimum absolute atomic E-state index is 0.199. The summed E-state index contributed by atoms with van der Waals surface area (Å²) in [6, 6.07) is 7.63. The lowest BCUT2D eigenvalue weighted by Gasteiger charge is -2.43. The minimum atomic E-state index is -0.217. The number of ketones is 2. The molecule has 0 aromatic heterocycles. The SMILES string of the molecule is CCN1C2=C(C(=O)CCC2)C(c2ccc(Cl)cc2)C2=C1CCCC2=O. The first-order chi connectivity index (χ1) is 12.1. The van der Waals surface area contributed by atoms with Gasteiger partial charge >= 0.3 is 0 Å². The second-order valence-corrected chi connectivity index (χ2v) is 7.44. The molecule has 25 heavy (non-hydrogen) atoms. The molecular weight excluding hydrogens is 334 g/mol. The van der Waals surface area contributed by atoms with Crippen LogP contribution in [0.4, 0.5) is 0 Å². The van der Waals surface area contributed by atoms with Gasteiger partial charge in [0.1, 0.15) is 0 Å². The van der Waals surface area contributed by atoms with Crippen LogP contribution < -0.4 is 0 Å². The van der Waals surface area contributed by atoms with Crippen molar-refractivity contribution < 1.29 is 9.59 Å². The number of hydrogen-bond acceptors (Lipinski definition) is 3. The van der Waals surface area contributed by atoms with Gasteiger partial charge < -0.3 is 4.90 Å². The summed E-state index contributed by atoms with van der Waals surface area (Å²) in [6.07, 6.45) is 4.80. The minimum Gasteiger partial charge on any atom is -0.348 e. The molecule has 2 aliphatic carbocycles. The van der Waals surface area contributed by atoms with E-state index >= 15 is 0 Å². The molecule has 0 N–H and O–H groups in total. The van der Waals surface area contributed by atoms with E-state index in [-0.39, 0.29) is 17.5 Å². The van der Waals surface area contributed by atoms with E-state index in [1.807, 2.05) is 24.3 Å². The number of benzene rings is 1. The van der Waals surface area contributed by atoms with Crippen molar-refractivity contribution in [1.82, 2.24) is 4.90 Å². The van der Waals surface area contributed by atoms with Crippen molar-refractivity contribution in [2.45, 2.75) is 51.4 Å². The van der Waals surface area contributed by atoms with Gasteiger partial charge in [-0.05, 0) is 50.3 Å². The van der Waals surface area contributed by atoms with E-state index in [4.69, 9.17) is 11.6 Å². The Kier molecular flexibility index (Phi) is 4.28. The van der Waals surface area contributed by atoms with Crippen molar-refractivity contribution in [3.05, 3.63) is 57.4 Å². The Morgan fingerprint density at radius 1 is 0.920 bits per heavy atom. The van der Waals surface area contributed by atoms with Crippen molar-refractivity contribution >= 4 is 23.2 Å². The number of rotatable bonds is 2. The molecule has 4 heteroatoms. The van der Waals surface area contributed by atoms with Crippen LogP contribution >= 0.6 is 11.6 Å². The first-order valence-electron chi connectivity index (χ1n) is 9.17. The number of hydrogen-bond donors (Lipinski definition) is 0. The number of nitrogens with zero attached hydrogens (tertiary/aromatic N) is 1. The van der Waals surface area contributed by atoms with E-state index in [0.717, 1.165) is 60.3 Å². The maximum absolute atomic E-state index is 12.9. The molecule has 0 saturated heterocycles. The van der Waals surface area contributed by atoms with E-state index in [2.05, 4.69) is 11.8 Å². The fraction of sp³-hybridized carbons (Fsp3) is 0.429. The lowest BCUT2D eigenvalue weighted by molar-refractivity contribution is -0.117. The summed E-state index contributed by atoms with van der Waals surface area (Å²) in [4.78, 5) is 28.0. The summed E-state index contributed by atoms with van der Waals surface area (Å²) < 4.78 is 0. The second-order valence-electron chi connectivity index (χ2n) is 7.00. The largest absolute Gasteiger partial charge is 0.348 e. The average Bonchev–Trinajstić information content (AvgIpc) is 2.61.